The minimum absolute atomic E-state index is 0.579. The first-order valence-electron chi connectivity index (χ1n) is 6.96. The van der Waals surface area contributed by atoms with E-state index in [0.717, 1.165) is 24.4 Å². The van der Waals surface area contributed by atoms with E-state index in [1.807, 2.05) is 0 Å². The summed E-state index contributed by atoms with van der Waals surface area (Å²) in [6.45, 7) is 7.78. The Morgan fingerprint density at radius 3 is 2.50 bits per heavy atom. The summed E-state index contributed by atoms with van der Waals surface area (Å²) in [6, 6.07) is 1.35. The van der Waals surface area contributed by atoms with Crippen LogP contribution in [-0.4, -0.2) is 30.6 Å². The third-order valence-corrected chi connectivity index (χ3v) is 4.08. The van der Waals surface area contributed by atoms with Crippen molar-refractivity contribution in [1.82, 2.24) is 4.90 Å². The standard InChI is InChI=1S/C14H30N2/c1-11(2)8-14(10-15)16(4)13-7-5-6-12(3)9-13/h11-14H,5-10,15H2,1-4H3. The van der Waals surface area contributed by atoms with Crippen molar-refractivity contribution in [2.75, 3.05) is 13.6 Å². The second-order valence-corrected chi connectivity index (χ2v) is 6.11. The van der Waals surface area contributed by atoms with Crippen LogP contribution < -0.4 is 5.73 Å². The van der Waals surface area contributed by atoms with Gasteiger partial charge in [-0.2, -0.15) is 0 Å². The first kappa shape index (κ1) is 14.0. The van der Waals surface area contributed by atoms with Crippen molar-refractivity contribution in [3.05, 3.63) is 0 Å². The Kier molecular flexibility index (Phi) is 5.77. The molecule has 2 nitrogen and oxygen atoms in total. The van der Waals surface area contributed by atoms with E-state index in [1.54, 1.807) is 0 Å². The largest absolute Gasteiger partial charge is 0.329 e. The lowest BCUT2D eigenvalue weighted by Gasteiger charge is -2.39. The molecule has 3 unspecified atom stereocenters. The average Bonchev–Trinajstić information content (AvgIpc) is 2.24. The fourth-order valence-electron chi connectivity index (χ4n) is 3.04. The Bertz CT molecular complexity index is 187. The maximum atomic E-state index is 5.92. The van der Waals surface area contributed by atoms with Gasteiger partial charge in [0.25, 0.3) is 0 Å². The van der Waals surface area contributed by atoms with Crippen molar-refractivity contribution in [2.45, 2.75) is 65.0 Å². The molecular weight excluding hydrogens is 196 g/mol. The molecule has 1 aliphatic rings. The van der Waals surface area contributed by atoms with Gasteiger partial charge in [0.05, 0.1) is 0 Å². The highest BCUT2D eigenvalue weighted by Crippen LogP contribution is 2.28. The van der Waals surface area contributed by atoms with Gasteiger partial charge in [0.2, 0.25) is 0 Å². The molecular formula is C14H30N2. The molecule has 0 aromatic heterocycles. The van der Waals surface area contributed by atoms with Crippen LogP contribution in [0.2, 0.25) is 0 Å². The summed E-state index contributed by atoms with van der Waals surface area (Å²) in [7, 11) is 2.28. The number of nitrogens with zero attached hydrogens (tertiary/aromatic N) is 1. The molecule has 96 valence electrons. The molecule has 1 fully saturated rings. The van der Waals surface area contributed by atoms with E-state index in [2.05, 4.69) is 32.7 Å². The van der Waals surface area contributed by atoms with Crippen LogP contribution in [0.1, 0.15) is 52.9 Å². The molecule has 3 atom stereocenters. The average molecular weight is 226 g/mol. The SMILES string of the molecule is CC(C)CC(CN)N(C)C1CCCC(C)C1. The molecule has 0 aromatic rings. The highest BCUT2D eigenvalue weighted by Gasteiger charge is 2.26. The predicted octanol–water partition coefficient (Wildman–Crippen LogP) is 2.87. The molecule has 0 saturated heterocycles. The van der Waals surface area contributed by atoms with Gasteiger partial charge in [0, 0.05) is 18.6 Å². The van der Waals surface area contributed by atoms with Crippen LogP contribution in [0.15, 0.2) is 0 Å². The monoisotopic (exact) mass is 226 g/mol. The summed E-state index contributed by atoms with van der Waals surface area (Å²) in [5, 5.41) is 0. The Labute approximate surface area is 102 Å². The van der Waals surface area contributed by atoms with Crippen molar-refractivity contribution < 1.29 is 0 Å². The fraction of sp³-hybridized carbons (Fsp3) is 1.00. The van der Waals surface area contributed by atoms with Gasteiger partial charge < -0.3 is 5.73 Å². The second kappa shape index (κ2) is 6.61. The lowest BCUT2D eigenvalue weighted by Crippen LogP contribution is -2.46. The van der Waals surface area contributed by atoms with Crippen LogP contribution in [0, 0.1) is 11.8 Å². The van der Waals surface area contributed by atoms with Crippen LogP contribution >= 0.6 is 0 Å². The van der Waals surface area contributed by atoms with E-state index in [1.165, 1.54) is 32.1 Å². The molecule has 16 heavy (non-hydrogen) atoms. The van der Waals surface area contributed by atoms with E-state index >= 15 is 0 Å². The highest BCUT2D eigenvalue weighted by molar-refractivity contribution is 4.82. The van der Waals surface area contributed by atoms with Gasteiger partial charge in [-0.25, -0.2) is 0 Å². The lowest BCUT2D eigenvalue weighted by atomic mass is 9.85. The molecule has 0 radical (unpaired) electrons. The zero-order valence-corrected chi connectivity index (χ0v) is 11.6. The molecule has 2 N–H and O–H groups in total. The molecule has 1 rings (SSSR count). The second-order valence-electron chi connectivity index (χ2n) is 6.11. The molecule has 0 spiro atoms. The number of likely N-dealkylation sites (N-methyl/N-ethyl adjacent to an activating group) is 1. The first-order valence-corrected chi connectivity index (χ1v) is 6.96. The van der Waals surface area contributed by atoms with E-state index in [4.69, 9.17) is 5.73 Å². The van der Waals surface area contributed by atoms with E-state index in [-0.39, 0.29) is 0 Å². The summed E-state index contributed by atoms with van der Waals surface area (Å²) in [5.74, 6) is 1.65. The van der Waals surface area contributed by atoms with Gasteiger partial charge >= 0.3 is 0 Å². The molecule has 0 aliphatic heterocycles. The smallest absolute Gasteiger partial charge is 0.0220 e. The maximum Gasteiger partial charge on any atom is 0.0220 e. The van der Waals surface area contributed by atoms with Gasteiger partial charge in [-0.3, -0.25) is 4.90 Å². The minimum atomic E-state index is 0.579. The van der Waals surface area contributed by atoms with Gasteiger partial charge in [0.15, 0.2) is 0 Å². The highest BCUT2D eigenvalue weighted by atomic mass is 15.2. The number of hydrogen-bond acceptors (Lipinski definition) is 2. The molecule has 1 saturated carbocycles. The molecule has 0 heterocycles. The van der Waals surface area contributed by atoms with Crippen LogP contribution in [0.4, 0.5) is 0 Å². The fourth-order valence-corrected chi connectivity index (χ4v) is 3.04. The van der Waals surface area contributed by atoms with Crippen molar-refractivity contribution in [1.29, 1.82) is 0 Å². The maximum absolute atomic E-state index is 5.92. The topological polar surface area (TPSA) is 29.3 Å². The molecule has 0 bridgehead atoms. The van der Waals surface area contributed by atoms with Gasteiger partial charge in [-0.05, 0) is 38.1 Å². The van der Waals surface area contributed by atoms with Crippen LogP contribution in [0.25, 0.3) is 0 Å². The zero-order valence-electron chi connectivity index (χ0n) is 11.6. The van der Waals surface area contributed by atoms with Crippen molar-refractivity contribution >= 4 is 0 Å². The summed E-state index contributed by atoms with van der Waals surface area (Å²) in [5.41, 5.74) is 5.92. The Morgan fingerprint density at radius 2 is 2.00 bits per heavy atom. The van der Waals surface area contributed by atoms with Crippen LogP contribution in [0.5, 0.6) is 0 Å². The molecule has 0 amide bonds. The summed E-state index contributed by atoms with van der Waals surface area (Å²) >= 11 is 0. The van der Waals surface area contributed by atoms with E-state index in [9.17, 15) is 0 Å². The predicted molar refractivity (Wildman–Crippen MR) is 71.5 cm³/mol. The van der Waals surface area contributed by atoms with Crippen molar-refractivity contribution in [2.24, 2.45) is 17.6 Å². The lowest BCUT2D eigenvalue weighted by molar-refractivity contribution is 0.109. The number of nitrogens with two attached hydrogens (primary N) is 1. The normalized spacial score (nSPS) is 28.7. The summed E-state index contributed by atoms with van der Waals surface area (Å²) in [4.78, 5) is 2.57. The summed E-state index contributed by atoms with van der Waals surface area (Å²) in [6.07, 6.45) is 6.79. The third-order valence-electron chi connectivity index (χ3n) is 4.08. The minimum Gasteiger partial charge on any atom is -0.329 e. The summed E-state index contributed by atoms with van der Waals surface area (Å²) < 4.78 is 0. The zero-order chi connectivity index (χ0) is 12.1. The van der Waals surface area contributed by atoms with Gasteiger partial charge in [-0.1, -0.05) is 33.6 Å². The Morgan fingerprint density at radius 1 is 1.31 bits per heavy atom. The molecule has 0 aromatic carbocycles. The van der Waals surface area contributed by atoms with Gasteiger partial charge in [0.1, 0.15) is 0 Å². The number of hydrogen-bond donors (Lipinski definition) is 1. The Hall–Kier alpha value is -0.0800. The number of rotatable bonds is 5. The van der Waals surface area contributed by atoms with Crippen molar-refractivity contribution in [3.8, 4) is 0 Å². The Balaban J connectivity index is 2.49. The molecule has 2 heteroatoms. The van der Waals surface area contributed by atoms with Crippen LogP contribution in [0.3, 0.4) is 0 Å². The van der Waals surface area contributed by atoms with Crippen molar-refractivity contribution in [3.63, 3.8) is 0 Å². The quantitative estimate of drug-likeness (QED) is 0.781. The third kappa shape index (κ3) is 4.06. The molecule has 1 aliphatic carbocycles. The van der Waals surface area contributed by atoms with E-state index < -0.39 is 0 Å². The van der Waals surface area contributed by atoms with E-state index in [0.29, 0.717) is 6.04 Å². The van der Waals surface area contributed by atoms with Gasteiger partial charge in [-0.15, -0.1) is 0 Å². The first-order chi connectivity index (χ1) is 7.54. The van der Waals surface area contributed by atoms with Crippen LogP contribution in [-0.2, 0) is 0 Å².